The standard InChI is InChI=1S/C23H26O6/c1-5-6-7-8-17(25)19-15-12-14(13-9-10-16(24)18(11-13)29-4)22(2,20(19)26)21(27)23(15,3)28/h5-11,14-15,24-25,28H,12H2,1-4H3/b6-5+,8-7+,19-17-/t14-,15?,22?,23?/m1/s1. The Balaban J connectivity index is 2.16. The molecular weight excluding hydrogens is 372 g/mol. The lowest BCUT2D eigenvalue weighted by Gasteiger charge is -2.55. The molecule has 4 rings (SSSR count). The lowest BCUT2D eigenvalue weighted by atomic mass is 9.46. The summed E-state index contributed by atoms with van der Waals surface area (Å²) >= 11 is 0. The highest BCUT2D eigenvalue weighted by Gasteiger charge is 2.68. The lowest BCUT2D eigenvalue weighted by molar-refractivity contribution is -0.170. The number of Topliss-reactive ketones (excluding diaryl/α,β-unsaturated/α-hetero) is 2. The maximum Gasteiger partial charge on any atom is 0.178 e. The molecule has 0 saturated heterocycles. The van der Waals surface area contributed by atoms with Crippen LogP contribution in [-0.4, -0.2) is 39.6 Å². The van der Waals surface area contributed by atoms with Crippen molar-refractivity contribution in [3.05, 3.63) is 59.4 Å². The molecule has 0 spiro atoms. The van der Waals surface area contributed by atoms with E-state index in [1.165, 1.54) is 33.1 Å². The van der Waals surface area contributed by atoms with Gasteiger partial charge in [0.2, 0.25) is 0 Å². The predicted octanol–water partition coefficient (Wildman–Crippen LogP) is 3.36. The number of ether oxygens (including phenoxy) is 1. The number of aliphatic hydroxyl groups excluding tert-OH is 1. The molecule has 0 radical (unpaired) electrons. The fraction of sp³-hybridized carbons (Fsp3) is 0.391. The first-order chi connectivity index (χ1) is 13.6. The normalized spacial score (nSPS) is 33.7. The SMILES string of the molecule is C/C=C/C=C/C(O)=C1/C(=O)C2(C)C(=O)C(C)(O)C1C[C@@H]2c1ccc(O)c(OC)c1. The number of carbonyl (C=O) groups is 2. The van der Waals surface area contributed by atoms with Crippen LogP contribution in [0.2, 0.25) is 0 Å². The largest absolute Gasteiger partial charge is 0.508 e. The van der Waals surface area contributed by atoms with Gasteiger partial charge in [-0.05, 0) is 51.0 Å². The van der Waals surface area contributed by atoms with Crippen LogP contribution in [0.25, 0.3) is 0 Å². The molecule has 29 heavy (non-hydrogen) atoms. The minimum Gasteiger partial charge on any atom is -0.508 e. The number of methoxy groups -OCH3 is 1. The Morgan fingerprint density at radius 1 is 1.21 bits per heavy atom. The van der Waals surface area contributed by atoms with Gasteiger partial charge in [0.1, 0.15) is 11.4 Å². The Morgan fingerprint density at radius 2 is 1.90 bits per heavy atom. The van der Waals surface area contributed by atoms with Crippen molar-refractivity contribution < 1.29 is 29.6 Å². The van der Waals surface area contributed by atoms with Crippen LogP contribution in [0.15, 0.2) is 53.8 Å². The molecule has 0 aromatic heterocycles. The number of hydrogen-bond acceptors (Lipinski definition) is 6. The van der Waals surface area contributed by atoms with Crippen molar-refractivity contribution in [3.63, 3.8) is 0 Å². The third kappa shape index (κ3) is 2.99. The fourth-order valence-electron chi connectivity index (χ4n) is 4.66. The van der Waals surface area contributed by atoms with Crippen molar-refractivity contribution in [3.8, 4) is 11.5 Å². The van der Waals surface area contributed by atoms with E-state index in [2.05, 4.69) is 0 Å². The minimum atomic E-state index is -1.77. The van der Waals surface area contributed by atoms with E-state index in [-0.39, 0.29) is 22.8 Å². The summed E-state index contributed by atoms with van der Waals surface area (Å²) in [5.41, 5.74) is -2.57. The Morgan fingerprint density at radius 3 is 2.52 bits per heavy atom. The molecule has 0 heterocycles. The number of hydrogen-bond donors (Lipinski definition) is 3. The molecule has 6 nitrogen and oxygen atoms in total. The zero-order valence-corrected chi connectivity index (χ0v) is 17.0. The molecule has 2 bridgehead atoms. The van der Waals surface area contributed by atoms with Crippen LogP contribution < -0.4 is 4.74 Å². The second kappa shape index (κ2) is 7.19. The van der Waals surface area contributed by atoms with E-state index in [1.807, 2.05) is 6.92 Å². The number of aromatic hydroxyl groups is 1. The Hall–Kier alpha value is -2.86. The smallest absolute Gasteiger partial charge is 0.178 e. The third-order valence-corrected chi connectivity index (χ3v) is 6.28. The van der Waals surface area contributed by atoms with E-state index in [1.54, 1.807) is 30.4 Å². The van der Waals surface area contributed by atoms with Crippen molar-refractivity contribution in [1.82, 2.24) is 0 Å². The second-order valence-electron chi connectivity index (χ2n) is 7.96. The number of carbonyl (C=O) groups excluding carboxylic acids is 2. The van der Waals surface area contributed by atoms with Gasteiger partial charge in [-0.1, -0.05) is 24.3 Å². The summed E-state index contributed by atoms with van der Waals surface area (Å²) in [5.74, 6) is -2.44. The van der Waals surface area contributed by atoms with E-state index in [4.69, 9.17) is 4.74 Å². The second-order valence-corrected chi connectivity index (χ2v) is 7.96. The van der Waals surface area contributed by atoms with Crippen molar-refractivity contribution in [2.45, 2.75) is 38.7 Å². The molecule has 1 aromatic rings. The Kier molecular flexibility index (Phi) is 5.17. The number of rotatable bonds is 4. The number of ketones is 2. The van der Waals surface area contributed by atoms with Crippen LogP contribution >= 0.6 is 0 Å². The molecule has 0 aliphatic heterocycles. The summed E-state index contributed by atoms with van der Waals surface area (Å²) in [4.78, 5) is 26.6. The summed E-state index contributed by atoms with van der Waals surface area (Å²) in [6.07, 6.45) is 6.78. The molecule has 3 N–H and O–H groups in total. The van der Waals surface area contributed by atoms with Crippen molar-refractivity contribution in [1.29, 1.82) is 0 Å². The third-order valence-electron chi connectivity index (χ3n) is 6.28. The first kappa shape index (κ1) is 20.9. The quantitative estimate of drug-likeness (QED) is 0.311. The zero-order chi connectivity index (χ0) is 21.6. The number of aliphatic hydroxyl groups is 2. The van der Waals surface area contributed by atoms with E-state index in [9.17, 15) is 24.9 Å². The van der Waals surface area contributed by atoms with Crippen LogP contribution in [-0.2, 0) is 9.59 Å². The summed E-state index contributed by atoms with van der Waals surface area (Å²) in [7, 11) is 1.42. The minimum absolute atomic E-state index is 0.0423. The predicted molar refractivity (Wildman–Crippen MR) is 108 cm³/mol. The van der Waals surface area contributed by atoms with Gasteiger partial charge in [0.15, 0.2) is 23.1 Å². The lowest BCUT2D eigenvalue weighted by Crippen LogP contribution is -2.66. The highest BCUT2D eigenvalue weighted by Crippen LogP contribution is 2.60. The van der Waals surface area contributed by atoms with Gasteiger partial charge in [-0.2, -0.15) is 0 Å². The van der Waals surface area contributed by atoms with Gasteiger partial charge < -0.3 is 20.1 Å². The molecule has 3 saturated carbocycles. The first-order valence-corrected chi connectivity index (χ1v) is 9.52. The summed E-state index contributed by atoms with van der Waals surface area (Å²) < 4.78 is 5.16. The summed E-state index contributed by atoms with van der Waals surface area (Å²) in [6, 6.07) is 4.72. The molecule has 3 fully saturated rings. The summed E-state index contributed by atoms with van der Waals surface area (Å²) in [6.45, 7) is 4.75. The monoisotopic (exact) mass is 398 g/mol. The van der Waals surface area contributed by atoms with Gasteiger partial charge in [0, 0.05) is 17.4 Å². The topological polar surface area (TPSA) is 104 Å². The van der Waals surface area contributed by atoms with Crippen LogP contribution in [0.4, 0.5) is 0 Å². The Bertz CT molecular complexity index is 952. The first-order valence-electron chi connectivity index (χ1n) is 9.52. The molecule has 1 aromatic carbocycles. The van der Waals surface area contributed by atoms with E-state index in [0.29, 0.717) is 12.0 Å². The average molecular weight is 398 g/mol. The number of phenolic OH excluding ortho intramolecular Hbond substituents is 1. The highest BCUT2D eigenvalue weighted by molar-refractivity contribution is 6.21. The molecule has 154 valence electrons. The fourth-order valence-corrected chi connectivity index (χ4v) is 4.66. The molecule has 6 heteroatoms. The molecule has 0 amide bonds. The van der Waals surface area contributed by atoms with Crippen LogP contribution in [0, 0.1) is 11.3 Å². The Labute approximate surface area is 169 Å². The number of phenols is 1. The number of fused-ring (bicyclic) bond motifs is 3. The molecule has 3 aliphatic carbocycles. The van der Waals surface area contributed by atoms with Gasteiger partial charge in [-0.15, -0.1) is 0 Å². The molecule has 4 atom stereocenters. The van der Waals surface area contributed by atoms with Crippen molar-refractivity contribution in [2.75, 3.05) is 7.11 Å². The van der Waals surface area contributed by atoms with Gasteiger partial charge in [0.25, 0.3) is 0 Å². The van der Waals surface area contributed by atoms with E-state index < -0.39 is 34.4 Å². The van der Waals surface area contributed by atoms with Crippen molar-refractivity contribution >= 4 is 11.6 Å². The average Bonchev–Trinajstić information content (AvgIpc) is 2.68. The maximum absolute atomic E-state index is 13.4. The van der Waals surface area contributed by atoms with Crippen LogP contribution in [0.3, 0.4) is 0 Å². The molecule has 3 aliphatic rings. The van der Waals surface area contributed by atoms with Crippen molar-refractivity contribution in [2.24, 2.45) is 11.3 Å². The van der Waals surface area contributed by atoms with Gasteiger partial charge in [0.05, 0.1) is 12.5 Å². The van der Waals surface area contributed by atoms with E-state index in [0.717, 1.165) is 0 Å². The summed E-state index contributed by atoms with van der Waals surface area (Å²) in [5, 5.41) is 31.4. The van der Waals surface area contributed by atoms with Gasteiger partial charge in [-0.25, -0.2) is 0 Å². The number of allylic oxidation sites excluding steroid dienone is 4. The molecule has 3 unspecified atom stereocenters. The number of benzene rings is 1. The van der Waals surface area contributed by atoms with E-state index >= 15 is 0 Å². The van der Waals surface area contributed by atoms with Gasteiger partial charge >= 0.3 is 0 Å². The maximum atomic E-state index is 13.4. The van der Waals surface area contributed by atoms with Crippen LogP contribution in [0.1, 0.15) is 38.7 Å². The molecular formula is C23H26O6. The van der Waals surface area contributed by atoms with Crippen LogP contribution in [0.5, 0.6) is 11.5 Å². The van der Waals surface area contributed by atoms with Gasteiger partial charge in [-0.3, -0.25) is 9.59 Å². The zero-order valence-electron chi connectivity index (χ0n) is 17.0. The highest BCUT2D eigenvalue weighted by atomic mass is 16.5.